The molecule has 19 heavy (non-hydrogen) atoms. The minimum atomic E-state index is -0.531. The minimum absolute atomic E-state index is 0.204. The lowest BCUT2D eigenvalue weighted by Gasteiger charge is -2.37. The van der Waals surface area contributed by atoms with Gasteiger partial charge in [0.05, 0.1) is 0 Å². The molecular formula is C17H27NO. The van der Waals surface area contributed by atoms with Crippen molar-refractivity contribution in [2.45, 2.75) is 60.4 Å². The molecule has 0 saturated carbocycles. The zero-order valence-electron chi connectivity index (χ0n) is 13.3. The highest BCUT2D eigenvalue weighted by Gasteiger charge is 2.39. The number of aryl methyl sites for hydroxylation is 3. The monoisotopic (exact) mass is 261 g/mol. The van der Waals surface area contributed by atoms with E-state index in [2.05, 4.69) is 32.9 Å². The van der Waals surface area contributed by atoms with E-state index < -0.39 is 11.0 Å². The van der Waals surface area contributed by atoms with Gasteiger partial charge in [-0.3, -0.25) is 4.79 Å². The summed E-state index contributed by atoms with van der Waals surface area (Å²) in [5, 5.41) is 0. The van der Waals surface area contributed by atoms with Crippen LogP contribution in [-0.2, 0) is 11.2 Å². The van der Waals surface area contributed by atoms with Gasteiger partial charge in [0.1, 0.15) is 5.78 Å². The van der Waals surface area contributed by atoms with Crippen molar-refractivity contribution in [2.24, 2.45) is 11.1 Å². The van der Waals surface area contributed by atoms with E-state index in [4.69, 9.17) is 5.73 Å². The molecule has 0 unspecified atom stereocenters. The number of ketones is 1. The fraction of sp³-hybridized carbons (Fsp3) is 0.588. The van der Waals surface area contributed by atoms with Crippen LogP contribution < -0.4 is 5.73 Å². The fourth-order valence-corrected chi connectivity index (χ4v) is 2.23. The maximum atomic E-state index is 12.6. The fourth-order valence-electron chi connectivity index (χ4n) is 2.23. The van der Waals surface area contributed by atoms with Crippen molar-refractivity contribution in [1.29, 1.82) is 0 Å². The molecule has 1 rings (SSSR count). The number of Topliss-reactive ketones (excluding diaryl/α,β-unsaturated/α-hetero) is 1. The number of carbonyl (C=O) groups is 1. The van der Waals surface area contributed by atoms with Crippen LogP contribution >= 0.6 is 0 Å². The Morgan fingerprint density at radius 2 is 1.47 bits per heavy atom. The first-order chi connectivity index (χ1) is 8.46. The first-order valence-corrected chi connectivity index (χ1v) is 6.85. The molecule has 0 radical (unpaired) electrons. The highest BCUT2D eigenvalue weighted by molar-refractivity contribution is 5.88. The molecule has 1 aromatic carbocycles. The van der Waals surface area contributed by atoms with Crippen LogP contribution in [0.25, 0.3) is 0 Å². The number of benzene rings is 1. The molecule has 0 fully saturated rings. The van der Waals surface area contributed by atoms with Gasteiger partial charge in [-0.1, -0.05) is 31.5 Å². The van der Waals surface area contributed by atoms with Crippen LogP contribution in [-0.4, -0.2) is 11.3 Å². The van der Waals surface area contributed by atoms with Crippen molar-refractivity contribution < 1.29 is 4.79 Å². The molecular weight excluding hydrogens is 234 g/mol. The van der Waals surface area contributed by atoms with Crippen molar-refractivity contribution >= 4 is 5.78 Å². The lowest BCUT2D eigenvalue weighted by molar-refractivity contribution is -0.129. The van der Waals surface area contributed by atoms with Gasteiger partial charge in [-0.2, -0.15) is 0 Å². The summed E-state index contributed by atoms with van der Waals surface area (Å²) < 4.78 is 0. The summed E-state index contributed by atoms with van der Waals surface area (Å²) in [4.78, 5) is 12.6. The van der Waals surface area contributed by atoms with Gasteiger partial charge < -0.3 is 5.73 Å². The average molecular weight is 261 g/mol. The first-order valence-electron chi connectivity index (χ1n) is 6.85. The van der Waals surface area contributed by atoms with Crippen molar-refractivity contribution in [3.05, 3.63) is 34.4 Å². The molecule has 0 bridgehead atoms. The quantitative estimate of drug-likeness (QED) is 0.901. The molecule has 0 aliphatic heterocycles. The van der Waals surface area contributed by atoms with E-state index in [-0.39, 0.29) is 5.78 Å². The maximum Gasteiger partial charge on any atom is 0.144 e. The number of nitrogens with two attached hydrogens (primary N) is 1. The third kappa shape index (κ3) is 3.24. The second kappa shape index (κ2) is 5.09. The van der Waals surface area contributed by atoms with Gasteiger partial charge in [-0.15, -0.1) is 0 Å². The number of hydrogen-bond donors (Lipinski definition) is 1. The molecule has 1 aromatic rings. The van der Waals surface area contributed by atoms with Crippen LogP contribution in [0.15, 0.2) is 12.1 Å². The van der Waals surface area contributed by atoms with Crippen LogP contribution in [0.3, 0.4) is 0 Å². The SMILES string of the molecule is Cc1cc(C)c(CC(=O)C(C)(C)C(C)(C)N)c(C)c1. The third-order valence-corrected chi connectivity index (χ3v) is 4.49. The highest BCUT2D eigenvalue weighted by atomic mass is 16.1. The van der Waals surface area contributed by atoms with Crippen molar-refractivity contribution in [2.75, 3.05) is 0 Å². The molecule has 0 atom stereocenters. The van der Waals surface area contributed by atoms with Crippen molar-refractivity contribution in [1.82, 2.24) is 0 Å². The van der Waals surface area contributed by atoms with Crippen LogP contribution in [0, 0.1) is 26.2 Å². The van der Waals surface area contributed by atoms with Gasteiger partial charge in [0.25, 0.3) is 0 Å². The molecule has 0 aliphatic rings. The smallest absolute Gasteiger partial charge is 0.144 e. The predicted molar refractivity (Wildman–Crippen MR) is 81.4 cm³/mol. The molecule has 106 valence electrons. The Labute approximate surface area is 117 Å². The van der Waals surface area contributed by atoms with E-state index in [9.17, 15) is 4.79 Å². The Balaban J connectivity index is 3.08. The Morgan fingerprint density at radius 3 is 1.84 bits per heavy atom. The molecule has 0 spiro atoms. The van der Waals surface area contributed by atoms with Gasteiger partial charge in [0.2, 0.25) is 0 Å². The zero-order chi connectivity index (χ0) is 15.0. The zero-order valence-corrected chi connectivity index (χ0v) is 13.3. The van der Waals surface area contributed by atoms with E-state index in [0.717, 1.165) is 5.56 Å². The second-order valence-electron chi connectivity index (χ2n) is 6.82. The number of rotatable bonds is 4. The summed E-state index contributed by atoms with van der Waals surface area (Å²) in [6.07, 6.45) is 0.464. The molecule has 2 nitrogen and oxygen atoms in total. The number of carbonyl (C=O) groups excluding carboxylic acids is 1. The Morgan fingerprint density at radius 1 is 1.05 bits per heavy atom. The predicted octanol–water partition coefficient (Wildman–Crippen LogP) is 3.49. The van der Waals surface area contributed by atoms with Gasteiger partial charge in [-0.25, -0.2) is 0 Å². The lowest BCUT2D eigenvalue weighted by Crippen LogP contribution is -2.52. The highest BCUT2D eigenvalue weighted by Crippen LogP contribution is 2.31. The largest absolute Gasteiger partial charge is 0.325 e. The molecule has 0 amide bonds. The maximum absolute atomic E-state index is 12.6. The third-order valence-electron chi connectivity index (χ3n) is 4.49. The van der Waals surface area contributed by atoms with E-state index in [0.29, 0.717) is 6.42 Å². The van der Waals surface area contributed by atoms with Gasteiger partial charge in [0.15, 0.2) is 0 Å². The van der Waals surface area contributed by atoms with E-state index >= 15 is 0 Å². The van der Waals surface area contributed by atoms with Crippen LogP contribution in [0.5, 0.6) is 0 Å². The summed E-state index contributed by atoms with van der Waals surface area (Å²) >= 11 is 0. The number of hydrogen-bond acceptors (Lipinski definition) is 2. The molecule has 2 N–H and O–H groups in total. The normalized spacial score (nSPS) is 12.6. The molecule has 0 aromatic heterocycles. The van der Waals surface area contributed by atoms with E-state index in [1.807, 2.05) is 27.7 Å². The van der Waals surface area contributed by atoms with Crippen LogP contribution in [0.2, 0.25) is 0 Å². The minimum Gasteiger partial charge on any atom is -0.325 e. The van der Waals surface area contributed by atoms with Crippen molar-refractivity contribution in [3.63, 3.8) is 0 Å². The summed E-state index contributed by atoms with van der Waals surface area (Å²) in [6.45, 7) is 13.9. The molecule has 0 aliphatic carbocycles. The molecule has 2 heteroatoms. The summed E-state index contributed by atoms with van der Waals surface area (Å²) in [6, 6.07) is 4.27. The lowest BCUT2D eigenvalue weighted by atomic mass is 9.70. The van der Waals surface area contributed by atoms with Gasteiger partial charge in [-0.05, 0) is 51.3 Å². The molecule has 0 heterocycles. The Hall–Kier alpha value is -1.15. The summed E-state index contributed by atoms with van der Waals surface area (Å²) in [5.74, 6) is 0.204. The Kier molecular flexibility index (Phi) is 4.26. The summed E-state index contributed by atoms with van der Waals surface area (Å²) in [7, 11) is 0. The van der Waals surface area contributed by atoms with Crippen LogP contribution in [0.1, 0.15) is 49.9 Å². The van der Waals surface area contributed by atoms with Crippen LogP contribution in [0.4, 0.5) is 0 Å². The standard InChI is InChI=1S/C17H27NO/c1-11-8-12(2)14(13(3)9-11)10-15(19)16(4,5)17(6,7)18/h8-9H,10,18H2,1-7H3. The Bertz CT molecular complexity index is 469. The topological polar surface area (TPSA) is 43.1 Å². The summed E-state index contributed by atoms with van der Waals surface area (Å²) in [5.41, 5.74) is 9.87. The van der Waals surface area contributed by atoms with E-state index in [1.54, 1.807) is 0 Å². The van der Waals surface area contributed by atoms with Crippen molar-refractivity contribution in [3.8, 4) is 0 Å². The van der Waals surface area contributed by atoms with Gasteiger partial charge >= 0.3 is 0 Å². The van der Waals surface area contributed by atoms with Gasteiger partial charge in [0, 0.05) is 17.4 Å². The first kappa shape index (κ1) is 15.9. The average Bonchev–Trinajstić information content (AvgIpc) is 2.21. The molecule has 0 saturated heterocycles. The second-order valence-corrected chi connectivity index (χ2v) is 6.82. The van der Waals surface area contributed by atoms with E-state index in [1.165, 1.54) is 16.7 Å².